The average molecular weight is 273 g/mol. The number of aromatic nitrogens is 2. The van der Waals surface area contributed by atoms with Gasteiger partial charge < -0.3 is 10.1 Å². The number of anilines is 1. The van der Waals surface area contributed by atoms with E-state index >= 15 is 0 Å². The molecule has 0 saturated heterocycles. The van der Waals surface area contributed by atoms with Gasteiger partial charge in [0.25, 0.3) is 0 Å². The number of nitrogens with one attached hydrogen (secondary N) is 1. The fourth-order valence-corrected chi connectivity index (χ4v) is 1.88. The molecule has 5 nitrogen and oxygen atoms in total. The van der Waals surface area contributed by atoms with Crippen molar-refractivity contribution in [2.24, 2.45) is 7.05 Å². The number of nitrogens with zero attached hydrogens (tertiary/aromatic N) is 2. The first-order chi connectivity index (χ1) is 9.67. The molecule has 0 unspecified atom stereocenters. The molecule has 2 aromatic rings. The maximum Gasteiger partial charge on any atom is 0.224 e. The molecule has 1 aromatic carbocycles. The van der Waals surface area contributed by atoms with Crippen molar-refractivity contribution in [2.75, 3.05) is 11.9 Å². The van der Waals surface area contributed by atoms with E-state index in [0.29, 0.717) is 19.4 Å². The van der Waals surface area contributed by atoms with E-state index in [4.69, 9.17) is 4.74 Å². The van der Waals surface area contributed by atoms with Crippen molar-refractivity contribution >= 4 is 11.6 Å². The van der Waals surface area contributed by atoms with Crippen LogP contribution in [0.2, 0.25) is 0 Å². The summed E-state index contributed by atoms with van der Waals surface area (Å²) in [5, 5.41) is 6.94. The van der Waals surface area contributed by atoms with Gasteiger partial charge in [0.1, 0.15) is 5.75 Å². The molecule has 0 fully saturated rings. The van der Waals surface area contributed by atoms with Gasteiger partial charge in [-0.1, -0.05) is 0 Å². The second kappa shape index (κ2) is 6.75. The van der Waals surface area contributed by atoms with Crippen LogP contribution in [0.5, 0.6) is 5.75 Å². The van der Waals surface area contributed by atoms with Crippen LogP contribution in [0.1, 0.15) is 18.9 Å². The van der Waals surface area contributed by atoms with Crippen LogP contribution in [0.3, 0.4) is 0 Å². The first-order valence-electron chi connectivity index (χ1n) is 6.67. The SMILES string of the molecule is CCOc1ccc(NC(=O)CCc2cnn(C)c2)cc1. The highest BCUT2D eigenvalue weighted by molar-refractivity contribution is 5.90. The minimum absolute atomic E-state index is 0.00184. The largest absolute Gasteiger partial charge is 0.494 e. The Hall–Kier alpha value is -2.30. The molecular formula is C15H19N3O2. The lowest BCUT2D eigenvalue weighted by atomic mass is 10.2. The van der Waals surface area contributed by atoms with Gasteiger partial charge >= 0.3 is 0 Å². The summed E-state index contributed by atoms with van der Waals surface area (Å²) in [6.07, 6.45) is 4.84. The molecule has 106 valence electrons. The molecule has 0 aliphatic carbocycles. The van der Waals surface area contributed by atoms with E-state index in [2.05, 4.69) is 10.4 Å². The molecule has 1 aromatic heterocycles. The Morgan fingerprint density at radius 3 is 2.70 bits per heavy atom. The lowest BCUT2D eigenvalue weighted by Gasteiger charge is -2.06. The Bertz CT molecular complexity index is 561. The third-order valence-corrected chi connectivity index (χ3v) is 2.85. The third-order valence-electron chi connectivity index (χ3n) is 2.85. The monoisotopic (exact) mass is 273 g/mol. The molecule has 1 heterocycles. The zero-order chi connectivity index (χ0) is 14.4. The Morgan fingerprint density at radius 1 is 1.35 bits per heavy atom. The van der Waals surface area contributed by atoms with Crippen molar-refractivity contribution in [3.05, 3.63) is 42.2 Å². The van der Waals surface area contributed by atoms with Gasteiger partial charge in [-0.3, -0.25) is 9.48 Å². The molecule has 0 bridgehead atoms. The van der Waals surface area contributed by atoms with Gasteiger partial charge in [0.15, 0.2) is 0 Å². The molecule has 5 heteroatoms. The lowest BCUT2D eigenvalue weighted by molar-refractivity contribution is -0.116. The van der Waals surface area contributed by atoms with Crippen LogP contribution in [0.15, 0.2) is 36.7 Å². The summed E-state index contributed by atoms with van der Waals surface area (Å²) in [6.45, 7) is 2.57. The first kappa shape index (κ1) is 14.1. The molecule has 1 amide bonds. The minimum Gasteiger partial charge on any atom is -0.494 e. The van der Waals surface area contributed by atoms with E-state index < -0.39 is 0 Å². The number of benzene rings is 1. The van der Waals surface area contributed by atoms with E-state index in [9.17, 15) is 4.79 Å². The van der Waals surface area contributed by atoms with Crippen LogP contribution in [-0.2, 0) is 18.3 Å². The number of amides is 1. The highest BCUT2D eigenvalue weighted by atomic mass is 16.5. The van der Waals surface area contributed by atoms with E-state index in [1.807, 2.05) is 44.4 Å². The summed E-state index contributed by atoms with van der Waals surface area (Å²) in [7, 11) is 1.86. The van der Waals surface area contributed by atoms with Crippen LogP contribution in [0.25, 0.3) is 0 Å². The van der Waals surface area contributed by atoms with Gasteiger partial charge in [-0.15, -0.1) is 0 Å². The van der Waals surface area contributed by atoms with Crippen molar-refractivity contribution in [2.45, 2.75) is 19.8 Å². The number of aryl methyl sites for hydroxylation is 2. The molecule has 0 atom stereocenters. The molecule has 0 spiro atoms. The predicted molar refractivity (Wildman–Crippen MR) is 77.8 cm³/mol. The number of carbonyl (C=O) groups excluding carboxylic acids is 1. The summed E-state index contributed by atoms with van der Waals surface area (Å²) in [5.74, 6) is 0.805. The van der Waals surface area contributed by atoms with Crippen LogP contribution in [-0.4, -0.2) is 22.3 Å². The number of ether oxygens (including phenoxy) is 1. The number of hydrogen-bond acceptors (Lipinski definition) is 3. The zero-order valence-corrected chi connectivity index (χ0v) is 11.8. The average Bonchev–Trinajstić information content (AvgIpc) is 2.85. The van der Waals surface area contributed by atoms with Crippen LogP contribution < -0.4 is 10.1 Å². The van der Waals surface area contributed by atoms with Crippen LogP contribution >= 0.6 is 0 Å². The van der Waals surface area contributed by atoms with E-state index in [-0.39, 0.29) is 5.91 Å². The predicted octanol–water partition coefficient (Wildman–Crippen LogP) is 2.39. The topological polar surface area (TPSA) is 56.1 Å². The zero-order valence-electron chi connectivity index (χ0n) is 11.8. The summed E-state index contributed by atoms with van der Waals surface area (Å²) in [6, 6.07) is 7.38. The van der Waals surface area contributed by atoms with Crippen molar-refractivity contribution in [3.63, 3.8) is 0 Å². The van der Waals surface area contributed by atoms with Gasteiger partial charge in [0.2, 0.25) is 5.91 Å². The fourth-order valence-electron chi connectivity index (χ4n) is 1.88. The van der Waals surface area contributed by atoms with Gasteiger partial charge in [-0.2, -0.15) is 5.10 Å². The lowest BCUT2D eigenvalue weighted by Crippen LogP contribution is -2.12. The Labute approximate surface area is 118 Å². The Kier molecular flexibility index (Phi) is 4.76. The summed E-state index contributed by atoms with van der Waals surface area (Å²) in [4.78, 5) is 11.8. The smallest absolute Gasteiger partial charge is 0.224 e. The van der Waals surface area contributed by atoms with Crippen molar-refractivity contribution < 1.29 is 9.53 Å². The maximum atomic E-state index is 11.8. The molecule has 0 aliphatic heterocycles. The number of carbonyl (C=O) groups is 1. The van der Waals surface area contributed by atoms with Crippen molar-refractivity contribution in [1.82, 2.24) is 9.78 Å². The number of rotatable bonds is 6. The summed E-state index contributed by atoms with van der Waals surface area (Å²) >= 11 is 0. The molecule has 20 heavy (non-hydrogen) atoms. The van der Waals surface area contributed by atoms with E-state index in [0.717, 1.165) is 17.0 Å². The quantitative estimate of drug-likeness (QED) is 0.879. The minimum atomic E-state index is -0.00184. The molecule has 0 aliphatic rings. The first-order valence-corrected chi connectivity index (χ1v) is 6.67. The van der Waals surface area contributed by atoms with Crippen molar-refractivity contribution in [1.29, 1.82) is 0 Å². The van der Waals surface area contributed by atoms with Gasteiger partial charge in [0.05, 0.1) is 12.8 Å². The van der Waals surface area contributed by atoms with Gasteiger partial charge in [-0.05, 0) is 43.2 Å². The molecule has 1 N–H and O–H groups in total. The highest BCUT2D eigenvalue weighted by Gasteiger charge is 2.04. The van der Waals surface area contributed by atoms with Crippen LogP contribution in [0, 0.1) is 0 Å². The van der Waals surface area contributed by atoms with Crippen LogP contribution in [0.4, 0.5) is 5.69 Å². The molecular weight excluding hydrogens is 254 g/mol. The summed E-state index contributed by atoms with van der Waals surface area (Å²) in [5.41, 5.74) is 1.85. The molecule has 2 rings (SSSR count). The molecule has 0 saturated carbocycles. The Morgan fingerprint density at radius 2 is 2.10 bits per heavy atom. The normalized spacial score (nSPS) is 10.3. The van der Waals surface area contributed by atoms with Gasteiger partial charge in [-0.25, -0.2) is 0 Å². The second-order valence-electron chi connectivity index (χ2n) is 4.53. The maximum absolute atomic E-state index is 11.8. The molecule has 0 radical (unpaired) electrons. The summed E-state index contributed by atoms with van der Waals surface area (Å²) < 4.78 is 7.09. The van der Waals surface area contributed by atoms with E-state index in [1.54, 1.807) is 10.9 Å². The van der Waals surface area contributed by atoms with Crippen molar-refractivity contribution in [3.8, 4) is 5.75 Å². The standard InChI is InChI=1S/C15H19N3O2/c1-3-20-14-7-5-13(6-8-14)17-15(19)9-4-12-10-16-18(2)11-12/h5-8,10-11H,3-4,9H2,1-2H3,(H,17,19). The van der Waals surface area contributed by atoms with E-state index in [1.165, 1.54) is 0 Å². The second-order valence-corrected chi connectivity index (χ2v) is 4.53. The third kappa shape index (κ3) is 4.12. The highest BCUT2D eigenvalue weighted by Crippen LogP contribution is 2.16. The Balaban J connectivity index is 1.81. The van der Waals surface area contributed by atoms with Gasteiger partial charge in [0, 0.05) is 25.4 Å². The number of hydrogen-bond donors (Lipinski definition) is 1. The fraction of sp³-hybridized carbons (Fsp3) is 0.333.